The van der Waals surface area contributed by atoms with E-state index in [1.165, 1.54) is 136 Å². The third-order valence-electron chi connectivity index (χ3n) is 14.8. The van der Waals surface area contributed by atoms with Gasteiger partial charge < -0.3 is 9.97 Å². The molecule has 5 aromatic rings. The maximum atomic E-state index is 5.76. The highest BCUT2D eigenvalue weighted by Gasteiger charge is 2.24. The Hall–Kier alpha value is -5.41. The Bertz CT molecular complexity index is 2830. The normalized spacial score (nSPS) is 12.4. The van der Waals surface area contributed by atoms with Gasteiger partial charge in [-0.1, -0.05) is 206 Å². The summed E-state index contributed by atoms with van der Waals surface area (Å²) in [6.45, 7) is 23.1. The van der Waals surface area contributed by atoms with Crippen LogP contribution in [-0.4, -0.2) is 36.1 Å². The van der Waals surface area contributed by atoms with E-state index in [1.807, 2.05) is 0 Å². The van der Waals surface area contributed by atoms with Gasteiger partial charge >= 0.3 is 0 Å². The van der Waals surface area contributed by atoms with E-state index in [4.69, 9.17) is 9.97 Å². The summed E-state index contributed by atoms with van der Waals surface area (Å²) in [6, 6.07) is 27.3. The van der Waals surface area contributed by atoms with E-state index in [0.717, 1.165) is 81.7 Å². The Labute approximate surface area is 450 Å². The molecule has 7 rings (SSSR count). The van der Waals surface area contributed by atoms with Crippen LogP contribution >= 0.6 is 0 Å². The van der Waals surface area contributed by atoms with Gasteiger partial charge in [-0.2, -0.15) is 0 Å². The van der Waals surface area contributed by atoms with Crippen LogP contribution in [0, 0.1) is 22.9 Å². The lowest BCUT2D eigenvalue weighted by atomic mass is 9.87. The first-order valence-corrected chi connectivity index (χ1v) is 36.2. The predicted octanol–water partition coefficient (Wildman–Crippen LogP) is 20.5. The van der Waals surface area contributed by atoms with Crippen molar-refractivity contribution in [2.75, 3.05) is 0 Å². The van der Waals surface area contributed by atoms with Crippen LogP contribution in [-0.2, 0) is 0 Å². The van der Waals surface area contributed by atoms with Crippen LogP contribution in [0.5, 0.6) is 0 Å². The summed E-state index contributed by atoms with van der Waals surface area (Å²) in [7, 11) is -3.09. The van der Waals surface area contributed by atoms with Crippen molar-refractivity contribution in [2.24, 2.45) is 0 Å². The van der Waals surface area contributed by atoms with Crippen LogP contribution in [0.25, 0.3) is 68.6 Å². The molecule has 0 atom stereocenters. The van der Waals surface area contributed by atoms with E-state index >= 15 is 0 Å². The molecule has 6 heteroatoms. The molecule has 2 aliphatic rings. The summed E-state index contributed by atoms with van der Waals surface area (Å²) < 4.78 is 0. The molecule has 2 aromatic carbocycles. The third kappa shape index (κ3) is 15.8. The molecule has 3 aromatic heterocycles. The Morgan fingerprint density at radius 3 is 1.04 bits per heavy atom. The first-order valence-electron chi connectivity index (χ1n) is 29.2. The van der Waals surface area contributed by atoms with Gasteiger partial charge in [0.25, 0.3) is 0 Å². The fraction of sp³-hybridized carbons (Fsp3) is 0.471. The molecule has 2 aliphatic heterocycles. The van der Waals surface area contributed by atoms with E-state index in [0.29, 0.717) is 11.8 Å². The van der Waals surface area contributed by atoms with Gasteiger partial charge in [0.05, 0.1) is 22.8 Å². The molecule has 0 amide bonds. The Morgan fingerprint density at radius 1 is 0.378 bits per heavy atom. The number of rotatable bonds is 24. The molecule has 74 heavy (non-hydrogen) atoms. The molecular formula is C68H90N4Si2. The largest absolute Gasteiger partial charge is 0.355 e. The first kappa shape index (κ1) is 56.3. The van der Waals surface area contributed by atoms with Crippen molar-refractivity contribution >= 4 is 62.5 Å². The second-order valence-corrected chi connectivity index (χ2v) is 33.0. The van der Waals surface area contributed by atoms with Crippen molar-refractivity contribution in [1.29, 1.82) is 0 Å². The Kier molecular flexibility index (Phi) is 20.9. The van der Waals surface area contributed by atoms with E-state index in [1.54, 1.807) is 0 Å². The molecule has 2 N–H and O–H groups in total. The summed E-state index contributed by atoms with van der Waals surface area (Å²) in [5, 5.41) is 0. The molecule has 0 fully saturated rings. The lowest BCUT2D eigenvalue weighted by molar-refractivity contribution is 0.497. The number of unbranched alkanes of at least 4 members (excludes halogenated alkanes) is 12. The number of benzene rings is 2. The third-order valence-corrected chi connectivity index (χ3v) is 16.5. The lowest BCUT2D eigenvalue weighted by Gasteiger charge is -2.19. The zero-order valence-corrected chi connectivity index (χ0v) is 49.4. The van der Waals surface area contributed by atoms with Crippen molar-refractivity contribution < 1.29 is 0 Å². The minimum Gasteiger partial charge on any atom is -0.355 e. The molecule has 0 spiro atoms. The van der Waals surface area contributed by atoms with E-state index in [9.17, 15) is 0 Å². The number of aromatic amines is 2. The van der Waals surface area contributed by atoms with Crippen molar-refractivity contribution in [3.8, 4) is 45.2 Å². The van der Waals surface area contributed by atoms with Gasteiger partial charge in [0.2, 0.25) is 0 Å². The standard InChI is InChI=1S/C68H90N4Si2/c1-11-15-19-23-27-53(28-24-20-16-12-2)65-57-39-43-61(69-57)67(55-35-31-51(32-36-55)47-49-73(5,6)7)63-45-41-59(71-63)66(54(29-25-21-17-13-3)30-26-22-18-14-4)60-42-46-64(72-60)68(62-44-40-58(65)70-62)56-37-33-52(34-38-56)48-50-74(8,9)10/h31-46,53-54,69,71H,11-30H2,1-10H3. The smallest absolute Gasteiger partial charge is 0.129 e. The predicted molar refractivity (Wildman–Crippen MR) is 331 cm³/mol. The average molecular weight is 1020 g/mol. The number of H-pyrrole nitrogens is 2. The minimum absolute atomic E-state index is 0.363. The maximum absolute atomic E-state index is 5.76. The summed E-state index contributed by atoms with van der Waals surface area (Å²) >= 11 is 0. The van der Waals surface area contributed by atoms with Gasteiger partial charge in [-0.25, -0.2) is 9.97 Å². The number of nitrogens with zero attached hydrogens (tertiary/aromatic N) is 2. The van der Waals surface area contributed by atoms with Gasteiger partial charge in [0.15, 0.2) is 0 Å². The molecule has 390 valence electrons. The van der Waals surface area contributed by atoms with E-state index < -0.39 is 16.1 Å². The molecule has 0 saturated carbocycles. The summed E-state index contributed by atoms with van der Waals surface area (Å²) in [4.78, 5) is 19.8. The van der Waals surface area contributed by atoms with Crippen LogP contribution in [0.15, 0.2) is 72.8 Å². The highest BCUT2D eigenvalue weighted by Crippen LogP contribution is 2.41. The molecule has 0 radical (unpaired) electrons. The van der Waals surface area contributed by atoms with Crippen LogP contribution in [0.4, 0.5) is 0 Å². The molecule has 0 saturated heterocycles. The summed E-state index contributed by atoms with van der Waals surface area (Å²) in [5.74, 6) is 7.75. The SMILES string of the molecule is CCCCCCC(CCCCCC)c1c2nc(c(-c3ccc(C#C[Si](C)(C)C)cc3)c3nc(c(C(CCCCCC)CCCCCC)c4ccc([nH]4)c(-c4ccc(C#C[Si](C)(C)C)cc4)c4ccc1[nH]4)C=C3)C=C2. The zero-order valence-electron chi connectivity index (χ0n) is 47.4. The number of hydrogen-bond donors (Lipinski definition) is 2. The van der Waals surface area contributed by atoms with Gasteiger partial charge in [0, 0.05) is 55.4 Å². The van der Waals surface area contributed by atoms with Crippen molar-refractivity contribution in [3.63, 3.8) is 0 Å². The van der Waals surface area contributed by atoms with Gasteiger partial charge in [-0.05, 0) is 121 Å². The first-order chi connectivity index (χ1) is 35.8. The second kappa shape index (κ2) is 27.4. The molecule has 4 nitrogen and oxygen atoms in total. The highest BCUT2D eigenvalue weighted by molar-refractivity contribution is 6.84. The van der Waals surface area contributed by atoms with Crippen LogP contribution in [0.1, 0.15) is 213 Å². The Balaban J connectivity index is 1.58. The minimum atomic E-state index is -1.55. The monoisotopic (exact) mass is 1020 g/mol. The number of fused-ring (bicyclic) bond motifs is 8. The van der Waals surface area contributed by atoms with Crippen molar-refractivity contribution in [2.45, 2.75) is 207 Å². The zero-order chi connectivity index (χ0) is 52.5. The Morgan fingerprint density at radius 2 is 0.703 bits per heavy atom. The number of aromatic nitrogens is 4. The molecule has 0 aliphatic carbocycles. The molecule has 8 bridgehead atoms. The lowest BCUT2D eigenvalue weighted by Crippen LogP contribution is -2.16. The van der Waals surface area contributed by atoms with Crippen LogP contribution in [0.3, 0.4) is 0 Å². The number of hydrogen-bond acceptors (Lipinski definition) is 2. The number of nitrogens with one attached hydrogen (secondary N) is 2. The van der Waals surface area contributed by atoms with Gasteiger partial charge in [-0.3, -0.25) is 0 Å². The average Bonchev–Trinajstić information content (AvgIpc) is 4.24. The van der Waals surface area contributed by atoms with Crippen LogP contribution in [0.2, 0.25) is 39.3 Å². The highest BCUT2D eigenvalue weighted by atomic mass is 28.3. The summed E-state index contributed by atoms with van der Waals surface area (Å²) in [5.41, 5.74) is 25.1. The topological polar surface area (TPSA) is 57.4 Å². The fourth-order valence-corrected chi connectivity index (χ4v) is 11.9. The quantitative estimate of drug-likeness (QED) is 0.0360. The van der Waals surface area contributed by atoms with Gasteiger partial charge in [-0.15, -0.1) is 11.1 Å². The van der Waals surface area contributed by atoms with Crippen molar-refractivity contribution in [1.82, 2.24) is 19.9 Å². The molecule has 5 heterocycles. The second-order valence-electron chi connectivity index (χ2n) is 23.5. The van der Waals surface area contributed by atoms with E-state index in [2.05, 4.69) is 197 Å². The maximum Gasteiger partial charge on any atom is 0.129 e. The van der Waals surface area contributed by atoms with Gasteiger partial charge in [0.1, 0.15) is 16.1 Å². The molecular weight excluding hydrogens is 929 g/mol. The molecule has 0 unspecified atom stereocenters. The summed E-state index contributed by atoms with van der Waals surface area (Å²) in [6.07, 6.45) is 33.7. The fourth-order valence-electron chi connectivity index (χ4n) is 10.8. The van der Waals surface area contributed by atoms with Crippen LogP contribution < -0.4 is 0 Å². The van der Waals surface area contributed by atoms with E-state index in [-0.39, 0.29) is 0 Å². The van der Waals surface area contributed by atoms with Crippen molar-refractivity contribution in [3.05, 3.63) is 118 Å².